The molecule has 5 rings (SSSR count). The predicted molar refractivity (Wildman–Crippen MR) is 134 cm³/mol. The van der Waals surface area contributed by atoms with E-state index in [1.807, 2.05) is 12.1 Å². The zero-order valence-electron chi connectivity index (χ0n) is 19.1. The number of nitrogens with one attached hydrogen (secondary N) is 1. The topological polar surface area (TPSA) is 76.5 Å². The van der Waals surface area contributed by atoms with Crippen LogP contribution < -0.4 is 5.32 Å². The molecule has 1 aliphatic rings. The predicted octanol–water partition coefficient (Wildman–Crippen LogP) is 4.02. The normalized spacial score (nSPS) is 16.1. The second kappa shape index (κ2) is 9.97. The molecule has 0 radical (unpaired) electrons. The Balaban J connectivity index is 1.44. The number of rotatable bonds is 8. The number of aromatic nitrogens is 2. The number of thiophene rings is 1. The van der Waals surface area contributed by atoms with Crippen LogP contribution in [0.25, 0.3) is 11.0 Å². The monoisotopic (exact) mass is 496 g/mol. The van der Waals surface area contributed by atoms with Gasteiger partial charge in [-0.05, 0) is 42.1 Å². The van der Waals surface area contributed by atoms with Crippen molar-refractivity contribution in [2.45, 2.75) is 31.0 Å². The number of hydrogen-bond acceptors (Lipinski definition) is 6. The summed E-state index contributed by atoms with van der Waals surface area (Å²) in [6, 6.07) is 19.9. The van der Waals surface area contributed by atoms with Crippen molar-refractivity contribution in [3.8, 4) is 0 Å². The molecule has 2 aromatic heterocycles. The highest BCUT2D eigenvalue weighted by atomic mass is 32.2. The molecule has 1 N–H and O–H groups in total. The Morgan fingerprint density at radius 2 is 1.88 bits per heavy atom. The van der Waals surface area contributed by atoms with E-state index in [0.29, 0.717) is 38.4 Å². The molecule has 7 nitrogen and oxygen atoms in total. The van der Waals surface area contributed by atoms with Crippen LogP contribution in [0.2, 0.25) is 0 Å². The number of aryl methyl sites for hydroxylation is 1. The van der Waals surface area contributed by atoms with Crippen LogP contribution in [-0.4, -0.2) is 48.6 Å². The first-order valence-electron chi connectivity index (χ1n) is 11.5. The molecule has 178 valence electrons. The Hall–Kier alpha value is -2.56. The number of morpholine rings is 1. The van der Waals surface area contributed by atoms with Gasteiger partial charge in [-0.25, -0.2) is 13.4 Å². The van der Waals surface area contributed by atoms with Crippen LogP contribution in [0.15, 0.2) is 70.9 Å². The van der Waals surface area contributed by atoms with Gasteiger partial charge in [-0.15, -0.1) is 11.3 Å². The third-order valence-electron chi connectivity index (χ3n) is 6.15. The highest BCUT2D eigenvalue weighted by molar-refractivity contribution is 7.89. The van der Waals surface area contributed by atoms with E-state index in [1.165, 1.54) is 14.7 Å². The second-order valence-corrected chi connectivity index (χ2v) is 11.1. The average molecular weight is 497 g/mol. The summed E-state index contributed by atoms with van der Waals surface area (Å²) in [4.78, 5) is 6.37. The maximum absolute atomic E-state index is 13.1. The van der Waals surface area contributed by atoms with Gasteiger partial charge < -0.3 is 9.30 Å². The Bertz CT molecular complexity index is 1350. The quantitative estimate of drug-likeness (QED) is 0.399. The number of benzene rings is 2. The molecule has 34 heavy (non-hydrogen) atoms. The lowest BCUT2D eigenvalue weighted by molar-refractivity contribution is 0.0730. The van der Waals surface area contributed by atoms with Crippen molar-refractivity contribution in [2.24, 2.45) is 0 Å². The van der Waals surface area contributed by atoms with Gasteiger partial charge in [0.25, 0.3) is 0 Å². The Labute approximate surface area is 204 Å². The van der Waals surface area contributed by atoms with Gasteiger partial charge >= 0.3 is 0 Å². The highest BCUT2D eigenvalue weighted by Crippen LogP contribution is 2.27. The zero-order chi connectivity index (χ0) is 23.5. The summed E-state index contributed by atoms with van der Waals surface area (Å²) in [6.07, 6.45) is 0. The van der Waals surface area contributed by atoms with Crippen LogP contribution in [0, 0.1) is 0 Å². The molecule has 0 amide bonds. The lowest BCUT2D eigenvalue weighted by atomic mass is 10.1. The summed E-state index contributed by atoms with van der Waals surface area (Å²) in [7, 11) is -3.57. The summed E-state index contributed by atoms with van der Waals surface area (Å²) in [5, 5.41) is 5.76. The van der Waals surface area contributed by atoms with Crippen LogP contribution in [0.3, 0.4) is 0 Å². The molecule has 1 fully saturated rings. The van der Waals surface area contributed by atoms with Crippen molar-refractivity contribution >= 4 is 32.4 Å². The number of imidazole rings is 1. The molecule has 2 aromatic carbocycles. The van der Waals surface area contributed by atoms with Crippen LogP contribution in [0.1, 0.15) is 29.2 Å². The number of nitrogens with zero attached hydrogens (tertiary/aromatic N) is 3. The zero-order valence-corrected chi connectivity index (χ0v) is 20.7. The van der Waals surface area contributed by atoms with Gasteiger partial charge in [0.1, 0.15) is 5.82 Å². The van der Waals surface area contributed by atoms with E-state index < -0.39 is 10.0 Å². The van der Waals surface area contributed by atoms with Crippen LogP contribution >= 0.6 is 11.3 Å². The fourth-order valence-corrected chi connectivity index (χ4v) is 6.68. The molecular weight excluding hydrogens is 468 g/mol. The molecule has 9 heteroatoms. The van der Waals surface area contributed by atoms with Gasteiger partial charge in [-0.3, -0.25) is 5.32 Å². The number of fused-ring (bicyclic) bond motifs is 1. The first-order chi connectivity index (χ1) is 16.6. The van der Waals surface area contributed by atoms with Gasteiger partial charge in [-0.1, -0.05) is 36.4 Å². The molecule has 1 aliphatic heterocycles. The van der Waals surface area contributed by atoms with Crippen molar-refractivity contribution < 1.29 is 13.2 Å². The van der Waals surface area contributed by atoms with Crippen molar-refractivity contribution in [1.82, 2.24) is 19.2 Å². The van der Waals surface area contributed by atoms with Gasteiger partial charge in [0.15, 0.2) is 0 Å². The van der Waals surface area contributed by atoms with Crippen molar-refractivity contribution in [1.29, 1.82) is 0 Å². The molecule has 4 aromatic rings. The Morgan fingerprint density at radius 1 is 1.09 bits per heavy atom. The van der Waals surface area contributed by atoms with E-state index in [4.69, 9.17) is 9.72 Å². The fourth-order valence-electron chi connectivity index (χ4n) is 4.42. The SMILES string of the molecule is CCn1c(CN[C@H](c2ccccc2)c2cccs2)nc2cc(S(=O)(=O)N3CCOCC3)ccc21. The number of sulfonamides is 1. The lowest BCUT2D eigenvalue weighted by Gasteiger charge is -2.26. The highest BCUT2D eigenvalue weighted by Gasteiger charge is 2.27. The summed E-state index contributed by atoms with van der Waals surface area (Å²) in [6.45, 7) is 4.99. The van der Waals surface area contributed by atoms with E-state index in [-0.39, 0.29) is 10.9 Å². The summed E-state index contributed by atoms with van der Waals surface area (Å²) >= 11 is 1.72. The summed E-state index contributed by atoms with van der Waals surface area (Å²) in [5.41, 5.74) is 2.83. The molecule has 0 spiro atoms. The van der Waals surface area contributed by atoms with Gasteiger partial charge in [0.2, 0.25) is 10.0 Å². The van der Waals surface area contributed by atoms with Crippen molar-refractivity contribution in [2.75, 3.05) is 26.3 Å². The maximum atomic E-state index is 13.1. The molecule has 1 saturated heterocycles. The minimum absolute atomic E-state index is 0.0589. The van der Waals surface area contributed by atoms with E-state index in [9.17, 15) is 8.42 Å². The summed E-state index contributed by atoms with van der Waals surface area (Å²) < 4.78 is 35.2. The van der Waals surface area contributed by atoms with Crippen LogP contribution in [0.5, 0.6) is 0 Å². The maximum Gasteiger partial charge on any atom is 0.243 e. The third-order valence-corrected chi connectivity index (χ3v) is 8.98. The van der Waals surface area contributed by atoms with E-state index in [1.54, 1.807) is 23.5 Å². The van der Waals surface area contributed by atoms with Crippen LogP contribution in [0.4, 0.5) is 0 Å². The first kappa shape index (κ1) is 23.2. The molecule has 0 saturated carbocycles. The van der Waals surface area contributed by atoms with Crippen molar-refractivity contribution in [3.05, 3.63) is 82.3 Å². The van der Waals surface area contributed by atoms with Gasteiger partial charge in [0.05, 0.1) is 41.7 Å². The van der Waals surface area contributed by atoms with E-state index >= 15 is 0 Å². The number of ether oxygens (including phenoxy) is 1. The standard InChI is InChI=1S/C25H28N4O3S2/c1-2-29-22-11-10-20(34(30,31)28-12-14-32-15-13-28)17-21(22)27-24(29)18-26-25(23-9-6-16-33-23)19-7-4-3-5-8-19/h3-11,16-17,25-26H,2,12-15,18H2,1H3/t25-/m1/s1. The summed E-state index contributed by atoms with van der Waals surface area (Å²) in [5.74, 6) is 0.885. The minimum Gasteiger partial charge on any atom is -0.379 e. The fraction of sp³-hybridized carbons (Fsp3) is 0.320. The molecule has 3 heterocycles. The second-order valence-electron chi connectivity index (χ2n) is 8.18. The molecule has 1 atom stereocenters. The average Bonchev–Trinajstić information content (AvgIpc) is 3.53. The van der Waals surface area contributed by atoms with E-state index in [2.05, 4.69) is 58.6 Å². The first-order valence-corrected chi connectivity index (χ1v) is 13.8. The Kier molecular flexibility index (Phi) is 6.80. The van der Waals surface area contributed by atoms with E-state index in [0.717, 1.165) is 17.9 Å². The minimum atomic E-state index is -3.57. The largest absolute Gasteiger partial charge is 0.379 e. The molecular formula is C25H28N4O3S2. The van der Waals surface area contributed by atoms with Crippen molar-refractivity contribution in [3.63, 3.8) is 0 Å². The van der Waals surface area contributed by atoms with Gasteiger partial charge in [0, 0.05) is 24.5 Å². The van der Waals surface area contributed by atoms with Gasteiger partial charge in [-0.2, -0.15) is 4.31 Å². The Morgan fingerprint density at radius 3 is 2.59 bits per heavy atom. The number of hydrogen-bond donors (Lipinski definition) is 1. The molecule has 0 bridgehead atoms. The smallest absolute Gasteiger partial charge is 0.243 e. The van der Waals surface area contributed by atoms with Crippen LogP contribution in [-0.2, 0) is 27.8 Å². The molecule has 0 unspecified atom stereocenters. The molecule has 0 aliphatic carbocycles. The lowest BCUT2D eigenvalue weighted by Crippen LogP contribution is -2.40. The third kappa shape index (κ3) is 4.54.